The number of carboxylic acid groups (broad SMARTS) is 1. The molecule has 2 rings (SSSR count). The van der Waals surface area contributed by atoms with E-state index in [1.165, 1.54) is 7.11 Å². The molecule has 0 saturated carbocycles. The number of methoxy groups -OCH3 is 1. The van der Waals surface area contributed by atoms with E-state index in [9.17, 15) is 9.59 Å². The number of alkyl carbamates (subject to hydrolysis) is 1. The second-order valence-electron chi connectivity index (χ2n) is 4.63. The van der Waals surface area contributed by atoms with E-state index >= 15 is 0 Å². The van der Waals surface area contributed by atoms with E-state index < -0.39 is 18.1 Å². The van der Waals surface area contributed by atoms with Crippen molar-refractivity contribution < 1.29 is 24.2 Å². The Hall–Kier alpha value is -2.61. The molecule has 122 valence electrons. The van der Waals surface area contributed by atoms with E-state index in [2.05, 4.69) is 9.69 Å². The molecule has 8 heteroatoms. The molecule has 1 aromatic carbocycles. The second kappa shape index (κ2) is 8.14. The van der Waals surface area contributed by atoms with Gasteiger partial charge in [-0.3, -0.25) is 4.79 Å². The lowest BCUT2D eigenvalue weighted by atomic mass is 10.2. The van der Waals surface area contributed by atoms with Gasteiger partial charge in [-0.1, -0.05) is 30.3 Å². The van der Waals surface area contributed by atoms with Gasteiger partial charge in [0.1, 0.15) is 6.61 Å². The third-order valence-corrected chi connectivity index (χ3v) is 3.83. The monoisotopic (exact) mass is 336 g/mol. The fourth-order valence-corrected chi connectivity index (χ4v) is 2.58. The van der Waals surface area contributed by atoms with Crippen molar-refractivity contribution in [1.82, 2.24) is 9.69 Å². The van der Waals surface area contributed by atoms with Gasteiger partial charge in [0.05, 0.1) is 24.4 Å². The fraction of sp³-hybridized carbons (Fsp3) is 0.267. The van der Waals surface area contributed by atoms with Crippen LogP contribution in [0.1, 0.15) is 22.9 Å². The number of aromatic nitrogens is 1. The maximum Gasteiger partial charge on any atom is 0.407 e. The SMILES string of the molecule is COc1cc([C@@H](CC(=O)O)NC(=O)OCc2ccccc2)sn1. The summed E-state index contributed by atoms with van der Waals surface area (Å²) in [6.07, 6.45) is -0.960. The first kappa shape index (κ1) is 16.8. The number of hydrogen-bond acceptors (Lipinski definition) is 6. The van der Waals surface area contributed by atoms with Crippen LogP contribution >= 0.6 is 11.5 Å². The van der Waals surface area contributed by atoms with Crippen molar-refractivity contribution in [2.75, 3.05) is 7.11 Å². The number of nitrogens with one attached hydrogen (secondary N) is 1. The summed E-state index contributed by atoms with van der Waals surface area (Å²) >= 11 is 1.07. The minimum atomic E-state index is -1.04. The lowest BCUT2D eigenvalue weighted by Crippen LogP contribution is -2.30. The van der Waals surface area contributed by atoms with Crippen LogP contribution in [0.4, 0.5) is 4.79 Å². The van der Waals surface area contributed by atoms with Crippen LogP contribution in [0.3, 0.4) is 0 Å². The van der Waals surface area contributed by atoms with Crippen molar-refractivity contribution in [3.05, 3.63) is 46.8 Å². The zero-order valence-electron chi connectivity index (χ0n) is 12.4. The smallest absolute Gasteiger partial charge is 0.407 e. The maximum atomic E-state index is 11.9. The summed E-state index contributed by atoms with van der Waals surface area (Å²) in [5, 5.41) is 11.5. The molecule has 1 aromatic heterocycles. The number of benzene rings is 1. The molecule has 0 spiro atoms. The summed E-state index contributed by atoms with van der Waals surface area (Å²) in [4.78, 5) is 23.4. The molecule has 0 radical (unpaired) electrons. The van der Waals surface area contributed by atoms with Crippen LogP contribution in [0, 0.1) is 0 Å². The zero-order valence-corrected chi connectivity index (χ0v) is 13.2. The number of nitrogens with zero attached hydrogens (tertiary/aromatic N) is 1. The summed E-state index contributed by atoms with van der Waals surface area (Å²) in [6, 6.07) is 10.1. The highest BCUT2D eigenvalue weighted by Crippen LogP contribution is 2.25. The van der Waals surface area contributed by atoms with Crippen molar-refractivity contribution in [2.45, 2.75) is 19.1 Å². The highest BCUT2D eigenvalue weighted by atomic mass is 32.1. The largest absolute Gasteiger partial charge is 0.481 e. The van der Waals surface area contributed by atoms with Crippen molar-refractivity contribution in [3.8, 4) is 5.88 Å². The molecule has 1 heterocycles. The molecular formula is C15H16N2O5S. The number of carbonyl (C=O) groups is 2. The molecule has 0 saturated heterocycles. The van der Waals surface area contributed by atoms with E-state index in [1.807, 2.05) is 30.3 Å². The highest BCUT2D eigenvalue weighted by molar-refractivity contribution is 7.06. The number of amides is 1. The van der Waals surface area contributed by atoms with Crippen molar-refractivity contribution in [1.29, 1.82) is 0 Å². The van der Waals surface area contributed by atoms with Crippen LogP contribution in [-0.4, -0.2) is 28.7 Å². The Bertz CT molecular complexity index is 659. The van der Waals surface area contributed by atoms with Gasteiger partial charge in [0.25, 0.3) is 0 Å². The number of aliphatic carboxylic acids is 1. The normalized spacial score (nSPS) is 11.5. The first-order valence-electron chi connectivity index (χ1n) is 6.78. The zero-order chi connectivity index (χ0) is 16.7. The van der Waals surface area contributed by atoms with Crippen LogP contribution in [-0.2, 0) is 16.1 Å². The molecule has 0 bridgehead atoms. The topological polar surface area (TPSA) is 97.8 Å². The molecule has 7 nitrogen and oxygen atoms in total. The predicted octanol–water partition coefficient (Wildman–Crippen LogP) is 2.59. The quantitative estimate of drug-likeness (QED) is 0.806. The number of carbonyl (C=O) groups excluding carboxylic acids is 1. The number of hydrogen-bond donors (Lipinski definition) is 2. The third-order valence-electron chi connectivity index (χ3n) is 2.94. The van der Waals surface area contributed by atoms with Crippen LogP contribution in [0.2, 0.25) is 0 Å². The van der Waals surface area contributed by atoms with E-state index in [4.69, 9.17) is 14.6 Å². The van der Waals surface area contributed by atoms with Gasteiger partial charge in [-0.25, -0.2) is 4.79 Å². The number of ether oxygens (including phenoxy) is 2. The molecule has 2 aromatic rings. The second-order valence-corrected chi connectivity index (χ2v) is 5.46. The molecule has 1 atom stereocenters. The maximum absolute atomic E-state index is 11.9. The Balaban J connectivity index is 1.96. The Labute approximate surface area is 137 Å². The number of rotatable bonds is 7. The molecule has 0 unspecified atom stereocenters. The van der Waals surface area contributed by atoms with E-state index in [-0.39, 0.29) is 13.0 Å². The van der Waals surface area contributed by atoms with Gasteiger partial charge in [-0.2, -0.15) is 4.37 Å². The van der Waals surface area contributed by atoms with Gasteiger partial charge in [0, 0.05) is 6.07 Å². The van der Waals surface area contributed by atoms with E-state index in [0.29, 0.717) is 10.8 Å². The lowest BCUT2D eigenvalue weighted by Gasteiger charge is -2.15. The van der Waals surface area contributed by atoms with Crippen molar-refractivity contribution >= 4 is 23.6 Å². The van der Waals surface area contributed by atoms with Gasteiger partial charge in [-0.05, 0) is 17.1 Å². The van der Waals surface area contributed by atoms with Gasteiger partial charge in [-0.15, -0.1) is 0 Å². The summed E-state index contributed by atoms with van der Waals surface area (Å²) in [6.45, 7) is 0.110. The van der Waals surface area contributed by atoms with Gasteiger partial charge < -0.3 is 19.9 Å². The fourth-order valence-electron chi connectivity index (χ4n) is 1.84. The Kier molecular flexibility index (Phi) is 5.93. The Morgan fingerprint density at radius 3 is 2.70 bits per heavy atom. The van der Waals surface area contributed by atoms with Crippen LogP contribution in [0.5, 0.6) is 5.88 Å². The van der Waals surface area contributed by atoms with Crippen molar-refractivity contribution in [3.63, 3.8) is 0 Å². The standard InChI is InChI=1S/C15H16N2O5S/c1-21-13-8-12(23-17-13)11(7-14(18)19)16-15(20)22-9-10-5-3-2-4-6-10/h2-6,8,11H,7,9H2,1H3,(H,16,20)(H,18,19)/t11-/m1/s1. The minimum absolute atomic E-state index is 0.110. The first-order valence-corrected chi connectivity index (χ1v) is 7.55. The van der Waals surface area contributed by atoms with E-state index in [1.54, 1.807) is 6.07 Å². The number of carboxylic acids is 1. The molecule has 0 aliphatic heterocycles. The highest BCUT2D eigenvalue weighted by Gasteiger charge is 2.21. The molecule has 0 aliphatic rings. The van der Waals surface area contributed by atoms with Gasteiger partial charge in [0.15, 0.2) is 0 Å². The van der Waals surface area contributed by atoms with Crippen LogP contribution in [0.15, 0.2) is 36.4 Å². The summed E-state index contributed by atoms with van der Waals surface area (Å²) in [5.74, 6) is -0.662. The molecular weight excluding hydrogens is 320 g/mol. The molecule has 2 N–H and O–H groups in total. The van der Waals surface area contributed by atoms with E-state index in [0.717, 1.165) is 17.1 Å². The molecule has 0 fully saturated rings. The Morgan fingerprint density at radius 1 is 1.35 bits per heavy atom. The van der Waals surface area contributed by atoms with Crippen LogP contribution in [0.25, 0.3) is 0 Å². The average molecular weight is 336 g/mol. The van der Waals surface area contributed by atoms with Crippen LogP contribution < -0.4 is 10.1 Å². The lowest BCUT2D eigenvalue weighted by molar-refractivity contribution is -0.137. The van der Waals surface area contributed by atoms with Gasteiger partial charge in [0.2, 0.25) is 5.88 Å². The molecule has 1 amide bonds. The molecule has 23 heavy (non-hydrogen) atoms. The summed E-state index contributed by atoms with van der Waals surface area (Å²) in [7, 11) is 1.46. The van der Waals surface area contributed by atoms with Crippen molar-refractivity contribution in [2.24, 2.45) is 0 Å². The average Bonchev–Trinajstić information content (AvgIpc) is 3.02. The summed E-state index contributed by atoms with van der Waals surface area (Å²) in [5.41, 5.74) is 0.844. The minimum Gasteiger partial charge on any atom is -0.481 e. The predicted molar refractivity (Wildman–Crippen MR) is 83.4 cm³/mol. The van der Waals surface area contributed by atoms with Gasteiger partial charge >= 0.3 is 12.1 Å². The Morgan fingerprint density at radius 2 is 2.09 bits per heavy atom. The first-order chi connectivity index (χ1) is 11.1. The summed E-state index contributed by atoms with van der Waals surface area (Å²) < 4.78 is 14.1. The third kappa shape index (κ3) is 5.26. The molecule has 0 aliphatic carbocycles.